The van der Waals surface area contributed by atoms with Crippen molar-refractivity contribution >= 4 is 18.0 Å². The van der Waals surface area contributed by atoms with Crippen LogP contribution in [0.15, 0.2) is 54.7 Å². The first-order chi connectivity index (χ1) is 16.4. The minimum absolute atomic E-state index is 0.0110. The van der Waals surface area contributed by atoms with Crippen LogP contribution in [0.2, 0.25) is 0 Å². The molecule has 0 bridgehead atoms. The minimum Gasteiger partial charge on any atom is -0.480 e. The lowest BCUT2D eigenvalue weighted by atomic mass is 9.98. The van der Waals surface area contributed by atoms with E-state index in [9.17, 15) is 19.5 Å². The van der Waals surface area contributed by atoms with Gasteiger partial charge in [-0.05, 0) is 28.7 Å². The van der Waals surface area contributed by atoms with Crippen molar-refractivity contribution in [2.45, 2.75) is 31.8 Å². The Morgan fingerprint density at radius 3 is 2.29 bits per heavy atom. The molecule has 0 radical (unpaired) electrons. The average molecular weight is 463 g/mol. The molecule has 0 saturated heterocycles. The highest BCUT2D eigenvalue weighted by Crippen LogP contribution is 2.44. The minimum atomic E-state index is -1.11. The number of benzene rings is 2. The molecule has 0 spiro atoms. The number of hydrogen-bond donors (Lipinski definition) is 3. The molecule has 2 amide bonds. The molecule has 34 heavy (non-hydrogen) atoms. The van der Waals surface area contributed by atoms with Gasteiger partial charge < -0.3 is 20.5 Å². The zero-order valence-electron chi connectivity index (χ0n) is 18.9. The predicted octanol–water partition coefficient (Wildman–Crippen LogP) is 3.05. The highest BCUT2D eigenvalue weighted by Gasteiger charge is 2.29. The molecule has 1 atom stereocenters. The van der Waals surface area contributed by atoms with Gasteiger partial charge >= 0.3 is 12.1 Å². The number of carboxylic acid groups (broad SMARTS) is 1. The fourth-order valence-corrected chi connectivity index (χ4v) is 4.29. The molecule has 4 rings (SSSR count). The number of hydrogen-bond acceptors (Lipinski definition) is 5. The number of carbonyl (C=O) groups is 3. The van der Waals surface area contributed by atoms with Crippen LogP contribution in [-0.2, 0) is 23.1 Å². The van der Waals surface area contributed by atoms with Crippen LogP contribution in [0.1, 0.15) is 46.4 Å². The maximum absolute atomic E-state index is 12.6. The number of aliphatic carboxylic acids is 1. The van der Waals surface area contributed by atoms with Crippen molar-refractivity contribution in [3.63, 3.8) is 0 Å². The summed E-state index contributed by atoms with van der Waals surface area (Å²) >= 11 is 0. The van der Waals surface area contributed by atoms with E-state index in [0.717, 1.165) is 22.3 Å². The zero-order chi connectivity index (χ0) is 24.2. The summed E-state index contributed by atoms with van der Waals surface area (Å²) < 4.78 is 6.87. The number of rotatable bonds is 8. The van der Waals surface area contributed by atoms with Crippen molar-refractivity contribution < 1.29 is 24.2 Å². The third-order valence-electron chi connectivity index (χ3n) is 6.01. The molecule has 0 unspecified atom stereocenters. The molecule has 0 saturated carbocycles. The van der Waals surface area contributed by atoms with Crippen molar-refractivity contribution in [1.29, 1.82) is 0 Å². The second kappa shape index (κ2) is 9.78. The summed E-state index contributed by atoms with van der Waals surface area (Å²) in [6, 6.07) is 15.1. The Labute approximate surface area is 196 Å². The van der Waals surface area contributed by atoms with Crippen molar-refractivity contribution in [2.24, 2.45) is 7.05 Å². The molecule has 1 aromatic heterocycles. The molecule has 1 aliphatic carbocycles. The van der Waals surface area contributed by atoms with Crippen molar-refractivity contribution in [3.8, 4) is 11.1 Å². The Balaban J connectivity index is 1.39. The van der Waals surface area contributed by atoms with Gasteiger partial charge in [0.2, 0.25) is 0 Å². The van der Waals surface area contributed by atoms with Crippen molar-refractivity contribution in [1.82, 2.24) is 20.4 Å². The fraction of sp³-hybridized carbons (Fsp3) is 0.280. The van der Waals surface area contributed by atoms with E-state index in [1.807, 2.05) is 36.4 Å². The number of nitrogens with zero attached hydrogens (tertiary/aromatic N) is 2. The quantitative estimate of drug-likeness (QED) is 0.473. The van der Waals surface area contributed by atoms with Crippen LogP contribution in [0.4, 0.5) is 4.79 Å². The molecule has 1 aliphatic rings. The lowest BCUT2D eigenvalue weighted by molar-refractivity contribution is -0.139. The van der Waals surface area contributed by atoms with Gasteiger partial charge in [0, 0.05) is 18.5 Å². The van der Waals surface area contributed by atoms with Gasteiger partial charge in [0.05, 0.1) is 12.7 Å². The molecule has 0 aliphatic heterocycles. The number of ether oxygens (including phenoxy) is 1. The van der Waals surface area contributed by atoms with Crippen LogP contribution in [0, 0.1) is 0 Å². The summed E-state index contributed by atoms with van der Waals surface area (Å²) in [5, 5.41) is 18.4. The van der Waals surface area contributed by atoms with Gasteiger partial charge in [-0.2, -0.15) is 5.10 Å². The Bertz CT molecular complexity index is 1190. The van der Waals surface area contributed by atoms with E-state index in [-0.39, 0.29) is 31.2 Å². The summed E-state index contributed by atoms with van der Waals surface area (Å²) in [6.45, 7) is 1.86. The molecular formula is C25H26N4O5. The molecule has 9 heteroatoms. The molecule has 3 N–H and O–H groups in total. The van der Waals surface area contributed by atoms with Crippen LogP contribution in [0.5, 0.6) is 0 Å². The maximum atomic E-state index is 12.6. The number of nitrogens with one attached hydrogen (secondary N) is 2. The van der Waals surface area contributed by atoms with Gasteiger partial charge in [0.15, 0.2) is 0 Å². The van der Waals surface area contributed by atoms with Crippen LogP contribution in [0.25, 0.3) is 11.1 Å². The first-order valence-electron chi connectivity index (χ1n) is 11.0. The van der Waals surface area contributed by atoms with Gasteiger partial charge in [0.1, 0.15) is 18.3 Å². The Morgan fingerprint density at radius 2 is 1.71 bits per heavy atom. The van der Waals surface area contributed by atoms with Crippen molar-refractivity contribution in [2.75, 3.05) is 6.61 Å². The first-order valence-corrected chi connectivity index (χ1v) is 11.0. The van der Waals surface area contributed by atoms with Gasteiger partial charge in [-0.3, -0.25) is 9.48 Å². The number of carbonyl (C=O) groups excluding carboxylic acids is 2. The second-order valence-electron chi connectivity index (χ2n) is 8.09. The smallest absolute Gasteiger partial charge is 0.407 e. The highest BCUT2D eigenvalue weighted by atomic mass is 16.5. The fourth-order valence-electron chi connectivity index (χ4n) is 4.29. The summed E-state index contributed by atoms with van der Waals surface area (Å²) in [5.41, 5.74) is 5.15. The molecule has 0 fully saturated rings. The number of carboxylic acids is 1. The molecule has 2 aromatic carbocycles. The third kappa shape index (κ3) is 4.50. The number of fused-ring (bicyclic) bond motifs is 3. The zero-order valence-corrected chi connectivity index (χ0v) is 18.9. The second-order valence-corrected chi connectivity index (χ2v) is 8.09. The first kappa shape index (κ1) is 23.0. The molecule has 176 valence electrons. The Morgan fingerprint density at radius 1 is 1.09 bits per heavy atom. The van der Waals surface area contributed by atoms with E-state index >= 15 is 0 Å². The SMILES string of the molecule is CC[C@@H](NC(=O)c1c(CNC(=O)OCC2c3ccccc3-c3ccccc32)cnn1C)C(=O)O. The van der Waals surface area contributed by atoms with E-state index in [2.05, 4.69) is 27.9 Å². The van der Waals surface area contributed by atoms with E-state index < -0.39 is 24.0 Å². The summed E-state index contributed by atoms with van der Waals surface area (Å²) in [7, 11) is 1.58. The van der Waals surface area contributed by atoms with Gasteiger partial charge in [-0.15, -0.1) is 0 Å². The summed E-state index contributed by atoms with van der Waals surface area (Å²) in [6.07, 6.45) is 1.08. The standard InChI is InChI=1S/C25H26N4O5/c1-3-21(24(31)32)28-23(30)22-15(13-27-29(22)2)12-26-25(33)34-14-20-18-10-6-4-8-16(18)17-9-5-7-11-19(17)20/h4-11,13,20-21H,3,12,14H2,1-2H3,(H,26,33)(H,28,30)(H,31,32)/t21-/m1/s1. The average Bonchev–Trinajstić information content (AvgIpc) is 3.37. The van der Waals surface area contributed by atoms with E-state index in [4.69, 9.17) is 4.74 Å². The number of aryl methyl sites for hydroxylation is 1. The van der Waals surface area contributed by atoms with Crippen LogP contribution in [0.3, 0.4) is 0 Å². The maximum Gasteiger partial charge on any atom is 0.407 e. The van der Waals surface area contributed by atoms with Crippen LogP contribution >= 0.6 is 0 Å². The Hall–Kier alpha value is -4.14. The lowest BCUT2D eigenvalue weighted by Gasteiger charge is -2.15. The number of amides is 2. The number of aromatic nitrogens is 2. The normalized spacial score (nSPS) is 13.0. The summed E-state index contributed by atoms with van der Waals surface area (Å²) in [4.78, 5) is 36.3. The van der Waals surface area contributed by atoms with E-state index in [0.29, 0.717) is 5.56 Å². The largest absolute Gasteiger partial charge is 0.480 e. The van der Waals surface area contributed by atoms with Gasteiger partial charge in [-0.25, -0.2) is 9.59 Å². The molecule has 9 nitrogen and oxygen atoms in total. The lowest BCUT2D eigenvalue weighted by Crippen LogP contribution is -2.41. The topological polar surface area (TPSA) is 123 Å². The van der Waals surface area contributed by atoms with Crippen LogP contribution < -0.4 is 10.6 Å². The molecule has 1 heterocycles. The Kier molecular flexibility index (Phi) is 6.62. The van der Waals surface area contributed by atoms with Gasteiger partial charge in [0.25, 0.3) is 5.91 Å². The number of alkyl carbamates (subject to hydrolysis) is 1. The van der Waals surface area contributed by atoms with E-state index in [1.165, 1.54) is 10.9 Å². The summed E-state index contributed by atoms with van der Waals surface area (Å²) in [5.74, 6) is -1.74. The van der Waals surface area contributed by atoms with Crippen LogP contribution in [-0.4, -0.2) is 45.5 Å². The van der Waals surface area contributed by atoms with E-state index in [1.54, 1.807) is 14.0 Å². The molecular weight excluding hydrogens is 436 g/mol. The monoisotopic (exact) mass is 462 g/mol. The predicted molar refractivity (Wildman–Crippen MR) is 124 cm³/mol. The van der Waals surface area contributed by atoms with Crippen molar-refractivity contribution in [3.05, 3.63) is 77.1 Å². The third-order valence-corrected chi connectivity index (χ3v) is 6.01. The molecule has 3 aromatic rings. The highest BCUT2D eigenvalue weighted by molar-refractivity contribution is 5.96. The van der Waals surface area contributed by atoms with Gasteiger partial charge in [-0.1, -0.05) is 55.5 Å².